The zero-order chi connectivity index (χ0) is 14.9. The summed E-state index contributed by atoms with van der Waals surface area (Å²) in [7, 11) is -3.55. The van der Waals surface area contributed by atoms with Gasteiger partial charge in [0.2, 0.25) is 5.55 Å². The molecule has 0 amide bonds. The number of fused-ring (bicyclic) bond motifs is 1. The highest BCUT2D eigenvalue weighted by Gasteiger charge is 2.08. The van der Waals surface area contributed by atoms with E-state index in [0.29, 0.717) is 11.1 Å². The monoisotopic (exact) mass is 299 g/mol. The van der Waals surface area contributed by atoms with Crippen LogP contribution in [-0.2, 0) is 10.0 Å². The van der Waals surface area contributed by atoms with Gasteiger partial charge in [-0.2, -0.15) is 0 Å². The molecule has 1 heterocycles. The van der Waals surface area contributed by atoms with E-state index in [0.717, 1.165) is 17.2 Å². The van der Waals surface area contributed by atoms with E-state index in [1.807, 2.05) is 54.6 Å². The number of sulfonamides is 1. The third-order valence-electron chi connectivity index (χ3n) is 2.99. The Morgan fingerprint density at radius 2 is 1.62 bits per heavy atom. The Labute approximate surface area is 122 Å². The third-order valence-corrected chi connectivity index (χ3v) is 3.49. The van der Waals surface area contributed by atoms with Crippen molar-refractivity contribution >= 4 is 21.0 Å². The lowest BCUT2D eigenvalue weighted by molar-refractivity contribution is 0.544. The summed E-state index contributed by atoms with van der Waals surface area (Å²) in [5.74, 6) is 0. The molecular formula is C16H13NO3S. The quantitative estimate of drug-likeness (QED) is 0.731. The lowest BCUT2D eigenvalue weighted by Gasteiger charge is -2.04. The van der Waals surface area contributed by atoms with Crippen molar-refractivity contribution in [2.24, 2.45) is 4.40 Å². The van der Waals surface area contributed by atoms with Gasteiger partial charge in [-0.3, -0.25) is 0 Å². The van der Waals surface area contributed by atoms with Gasteiger partial charge in [0.25, 0.3) is 10.0 Å². The highest BCUT2D eigenvalue weighted by molar-refractivity contribution is 7.89. The zero-order valence-corrected chi connectivity index (χ0v) is 12.2. The summed E-state index contributed by atoms with van der Waals surface area (Å²) in [6.45, 7) is 0. The highest BCUT2D eigenvalue weighted by Crippen LogP contribution is 2.20. The Morgan fingerprint density at radius 1 is 0.952 bits per heavy atom. The second kappa shape index (κ2) is 5.18. The highest BCUT2D eigenvalue weighted by atomic mass is 32.2. The second-order valence-electron chi connectivity index (χ2n) is 4.69. The van der Waals surface area contributed by atoms with Gasteiger partial charge in [-0.05, 0) is 17.7 Å². The fourth-order valence-corrected chi connectivity index (χ4v) is 2.55. The van der Waals surface area contributed by atoms with Crippen LogP contribution in [0.15, 0.2) is 69.5 Å². The molecule has 5 heteroatoms. The Balaban J connectivity index is 2.41. The molecule has 0 fully saturated rings. The SMILES string of the molecule is CS(=O)(=O)/N=c1\oc2ccccc2cc1-c1ccccc1. The van der Waals surface area contributed by atoms with E-state index in [1.165, 1.54) is 0 Å². The molecule has 3 aromatic rings. The van der Waals surface area contributed by atoms with E-state index < -0.39 is 10.0 Å². The van der Waals surface area contributed by atoms with Crippen LogP contribution in [-0.4, -0.2) is 14.7 Å². The van der Waals surface area contributed by atoms with E-state index in [1.54, 1.807) is 6.07 Å². The first kappa shape index (κ1) is 13.6. The number of hydrogen-bond donors (Lipinski definition) is 0. The number of rotatable bonds is 2. The van der Waals surface area contributed by atoms with Crippen LogP contribution in [0.2, 0.25) is 0 Å². The molecule has 0 unspecified atom stereocenters. The van der Waals surface area contributed by atoms with Crippen molar-refractivity contribution < 1.29 is 12.8 Å². The maximum absolute atomic E-state index is 11.5. The normalized spacial score (nSPS) is 12.7. The standard InChI is InChI=1S/C16H13NO3S/c1-21(18,19)17-16-14(12-7-3-2-4-8-12)11-13-9-5-6-10-15(13)20-16/h2-11H,1H3/b17-16-. The van der Waals surface area contributed by atoms with Gasteiger partial charge in [-0.25, -0.2) is 8.42 Å². The van der Waals surface area contributed by atoms with E-state index in [9.17, 15) is 8.42 Å². The minimum atomic E-state index is -3.55. The summed E-state index contributed by atoms with van der Waals surface area (Å²) in [5.41, 5.74) is 2.20. The molecule has 0 radical (unpaired) electrons. The first-order valence-electron chi connectivity index (χ1n) is 6.37. The van der Waals surface area contributed by atoms with Crippen molar-refractivity contribution in [1.82, 2.24) is 0 Å². The van der Waals surface area contributed by atoms with Crippen LogP contribution >= 0.6 is 0 Å². The van der Waals surface area contributed by atoms with Crippen molar-refractivity contribution in [3.05, 3.63) is 66.2 Å². The van der Waals surface area contributed by atoms with Crippen LogP contribution in [0.5, 0.6) is 0 Å². The fraction of sp³-hybridized carbons (Fsp3) is 0.0625. The lowest BCUT2D eigenvalue weighted by atomic mass is 10.1. The van der Waals surface area contributed by atoms with Crippen molar-refractivity contribution in [2.75, 3.05) is 6.26 Å². The van der Waals surface area contributed by atoms with Gasteiger partial charge in [-0.1, -0.05) is 48.5 Å². The van der Waals surface area contributed by atoms with Gasteiger partial charge in [0.15, 0.2) is 0 Å². The van der Waals surface area contributed by atoms with Crippen LogP contribution in [0, 0.1) is 0 Å². The number of benzene rings is 2. The summed E-state index contributed by atoms with van der Waals surface area (Å²) >= 11 is 0. The van der Waals surface area contributed by atoms with Gasteiger partial charge >= 0.3 is 0 Å². The summed E-state index contributed by atoms with van der Waals surface area (Å²) in [5, 5.41) is 0.892. The van der Waals surface area contributed by atoms with Crippen molar-refractivity contribution in [3.63, 3.8) is 0 Å². The molecule has 106 valence electrons. The molecule has 0 aliphatic carbocycles. The molecule has 4 nitrogen and oxygen atoms in total. The molecule has 0 spiro atoms. The molecule has 0 atom stereocenters. The third kappa shape index (κ3) is 3.03. The van der Waals surface area contributed by atoms with Crippen molar-refractivity contribution in [1.29, 1.82) is 0 Å². The molecule has 0 aliphatic rings. The number of para-hydroxylation sites is 1. The Morgan fingerprint density at radius 3 is 2.33 bits per heavy atom. The van der Waals surface area contributed by atoms with Crippen molar-refractivity contribution in [2.45, 2.75) is 0 Å². The van der Waals surface area contributed by atoms with E-state index in [2.05, 4.69) is 4.40 Å². The van der Waals surface area contributed by atoms with Crippen LogP contribution in [0.3, 0.4) is 0 Å². The topological polar surface area (TPSA) is 59.6 Å². The average molecular weight is 299 g/mol. The summed E-state index contributed by atoms with van der Waals surface area (Å²) in [4.78, 5) is 0. The van der Waals surface area contributed by atoms with Crippen LogP contribution in [0.1, 0.15) is 0 Å². The van der Waals surface area contributed by atoms with Gasteiger partial charge in [0.05, 0.1) is 6.26 Å². The van der Waals surface area contributed by atoms with Crippen LogP contribution in [0.4, 0.5) is 0 Å². The fourth-order valence-electron chi connectivity index (χ4n) is 2.11. The average Bonchev–Trinajstić information content (AvgIpc) is 2.46. The Kier molecular flexibility index (Phi) is 3.35. The second-order valence-corrected chi connectivity index (χ2v) is 6.34. The maximum atomic E-state index is 11.5. The molecule has 0 saturated carbocycles. The van der Waals surface area contributed by atoms with Gasteiger partial charge in [0.1, 0.15) is 5.58 Å². The van der Waals surface area contributed by atoms with E-state index >= 15 is 0 Å². The predicted octanol–water partition coefficient (Wildman–Crippen LogP) is 2.96. The molecule has 21 heavy (non-hydrogen) atoms. The smallest absolute Gasteiger partial charge is 0.253 e. The molecule has 0 aliphatic heterocycles. The first-order valence-corrected chi connectivity index (χ1v) is 8.22. The summed E-state index contributed by atoms with van der Waals surface area (Å²) in [6.07, 6.45) is 1.05. The summed E-state index contributed by atoms with van der Waals surface area (Å²) < 4.78 is 32.4. The maximum Gasteiger partial charge on any atom is 0.253 e. The molecule has 0 bridgehead atoms. The van der Waals surface area contributed by atoms with E-state index in [-0.39, 0.29) is 5.55 Å². The van der Waals surface area contributed by atoms with E-state index in [4.69, 9.17) is 4.42 Å². The Hall–Kier alpha value is -2.40. The van der Waals surface area contributed by atoms with Crippen LogP contribution in [0.25, 0.3) is 22.1 Å². The molecule has 0 saturated heterocycles. The molecular weight excluding hydrogens is 286 g/mol. The lowest BCUT2D eigenvalue weighted by Crippen LogP contribution is -2.09. The predicted molar refractivity (Wildman–Crippen MR) is 82.1 cm³/mol. The van der Waals surface area contributed by atoms with Crippen molar-refractivity contribution in [3.8, 4) is 11.1 Å². The van der Waals surface area contributed by atoms with Gasteiger partial charge in [0, 0.05) is 10.9 Å². The number of nitrogens with zero attached hydrogens (tertiary/aromatic N) is 1. The molecule has 1 aromatic heterocycles. The van der Waals surface area contributed by atoms with Gasteiger partial charge in [-0.15, -0.1) is 4.40 Å². The zero-order valence-electron chi connectivity index (χ0n) is 11.4. The largest absolute Gasteiger partial charge is 0.437 e. The molecule has 2 aromatic carbocycles. The Bertz CT molecular complexity index is 957. The van der Waals surface area contributed by atoms with Crippen LogP contribution < -0.4 is 5.55 Å². The summed E-state index contributed by atoms with van der Waals surface area (Å²) in [6, 6.07) is 18.8. The molecule has 3 rings (SSSR count). The number of hydrogen-bond acceptors (Lipinski definition) is 3. The minimum Gasteiger partial charge on any atom is -0.437 e. The van der Waals surface area contributed by atoms with Gasteiger partial charge < -0.3 is 4.42 Å². The minimum absolute atomic E-state index is 0.0994. The first-order chi connectivity index (χ1) is 10.0. The molecule has 0 N–H and O–H groups in total.